The number of ether oxygens (including phenoxy) is 1. The Hall–Kier alpha value is -2.72. The van der Waals surface area contributed by atoms with Gasteiger partial charge < -0.3 is 9.57 Å². The first-order chi connectivity index (χ1) is 11.4. The van der Waals surface area contributed by atoms with E-state index in [-0.39, 0.29) is 5.69 Å². The summed E-state index contributed by atoms with van der Waals surface area (Å²) in [6, 6.07) is 8.56. The summed E-state index contributed by atoms with van der Waals surface area (Å²) in [5, 5.41) is 2.78. The standard InChI is InChI=1S/C14H11F3N4O3/c15-14(16,17)10-6-9(18-7-19-10)11-12(20-11)21-24-13(22)23-8-4-2-1-3-5-8/h1-7,11-12,20-21H. The fourth-order valence-electron chi connectivity index (χ4n) is 1.91. The van der Waals surface area contributed by atoms with Crippen molar-refractivity contribution in [2.24, 2.45) is 0 Å². The third-order valence-corrected chi connectivity index (χ3v) is 3.09. The Kier molecular flexibility index (Phi) is 4.32. The van der Waals surface area contributed by atoms with Gasteiger partial charge in [0.05, 0.1) is 11.7 Å². The first-order valence-corrected chi connectivity index (χ1v) is 6.78. The molecule has 2 aromatic rings. The number of carbonyl (C=O) groups is 1. The van der Waals surface area contributed by atoms with Crippen LogP contribution in [0.3, 0.4) is 0 Å². The molecule has 0 bridgehead atoms. The molecule has 2 N–H and O–H groups in total. The first-order valence-electron chi connectivity index (χ1n) is 6.78. The molecule has 2 heterocycles. The lowest BCUT2D eigenvalue weighted by atomic mass is 10.2. The van der Waals surface area contributed by atoms with E-state index in [2.05, 4.69) is 25.6 Å². The molecule has 0 saturated carbocycles. The molecule has 10 heteroatoms. The molecule has 2 unspecified atom stereocenters. The summed E-state index contributed by atoms with van der Waals surface area (Å²) in [7, 11) is 0. The lowest BCUT2D eigenvalue weighted by molar-refractivity contribution is -0.141. The zero-order valence-electron chi connectivity index (χ0n) is 11.9. The van der Waals surface area contributed by atoms with Crippen LogP contribution >= 0.6 is 0 Å². The summed E-state index contributed by atoms with van der Waals surface area (Å²) in [6.07, 6.45) is -5.28. The summed E-state index contributed by atoms with van der Waals surface area (Å²) in [5.41, 5.74) is 1.45. The minimum absolute atomic E-state index is 0.134. The molecule has 0 radical (unpaired) electrons. The van der Waals surface area contributed by atoms with E-state index in [0.717, 1.165) is 12.4 Å². The van der Waals surface area contributed by atoms with Crippen molar-refractivity contribution in [3.8, 4) is 5.75 Å². The number of hydrogen-bond donors (Lipinski definition) is 2. The van der Waals surface area contributed by atoms with Crippen molar-refractivity contribution >= 4 is 6.16 Å². The van der Waals surface area contributed by atoms with Gasteiger partial charge in [-0.1, -0.05) is 18.2 Å². The highest BCUT2D eigenvalue weighted by atomic mass is 19.4. The van der Waals surface area contributed by atoms with Crippen LogP contribution in [0.2, 0.25) is 0 Å². The maximum Gasteiger partial charge on any atom is 0.533 e. The number of carbonyl (C=O) groups excluding carboxylic acids is 1. The van der Waals surface area contributed by atoms with Crippen LogP contribution in [0, 0.1) is 0 Å². The van der Waals surface area contributed by atoms with Gasteiger partial charge in [0.15, 0.2) is 0 Å². The van der Waals surface area contributed by atoms with Crippen LogP contribution in [0.15, 0.2) is 42.7 Å². The number of rotatable bonds is 4. The average Bonchev–Trinajstić information content (AvgIpc) is 3.33. The van der Waals surface area contributed by atoms with Crippen molar-refractivity contribution in [1.82, 2.24) is 20.8 Å². The molecule has 126 valence electrons. The normalized spacial score (nSPS) is 19.6. The highest BCUT2D eigenvalue weighted by molar-refractivity contribution is 5.63. The molecule has 24 heavy (non-hydrogen) atoms. The summed E-state index contributed by atoms with van der Waals surface area (Å²) < 4.78 is 42.7. The largest absolute Gasteiger partial charge is 0.533 e. The Morgan fingerprint density at radius 2 is 1.96 bits per heavy atom. The Morgan fingerprint density at radius 3 is 2.67 bits per heavy atom. The number of nitrogens with zero attached hydrogens (tertiary/aromatic N) is 2. The maximum absolute atomic E-state index is 12.6. The van der Waals surface area contributed by atoms with Crippen molar-refractivity contribution < 1.29 is 27.5 Å². The Balaban J connectivity index is 1.50. The fraction of sp³-hybridized carbons (Fsp3) is 0.214. The first kappa shape index (κ1) is 16.1. The predicted octanol–water partition coefficient (Wildman–Crippen LogP) is 2.19. The van der Waals surface area contributed by atoms with Crippen molar-refractivity contribution in [2.75, 3.05) is 0 Å². The Morgan fingerprint density at radius 1 is 1.21 bits per heavy atom. The van der Waals surface area contributed by atoms with Crippen LogP contribution in [-0.4, -0.2) is 22.3 Å². The maximum atomic E-state index is 12.6. The summed E-state index contributed by atoms with van der Waals surface area (Å²) in [4.78, 5) is 23.1. The summed E-state index contributed by atoms with van der Waals surface area (Å²) >= 11 is 0. The van der Waals surface area contributed by atoms with Gasteiger partial charge in [-0.05, 0) is 18.2 Å². The average molecular weight is 340 g/mol. The molecule has 2 atom stereocenters. The van der Waals surface area contributed by atoms with Crippen molar-refractivity contribution in [3.63, 3.8) is 0 Å². The molecule has 0 amide bonds. The van der Waals surface area contributed by atoms with E-state index in [0.29, 0.717) is 5.75 Å². The van der Waals surface area contributed by atoms with Crippen molar-refractivity contribution in [1.29, 1.82) is 0 Å². The van der Waals surface area contributed by atoms with E-state index >= 15 is 0 Å². The lowest BCUT2D eigenvalue weighted by Crippen LogP contribution is -2.26. The highest BCUT2D eigenvalue weighted by Crippen LogP contribution is 2.31. The van der Waals surface area contributed by atoms with Crippen LogP contribution in [0.1, 0.15) is 17.4 Å². The smallest absolute Gasteiger partial charge is 0.394 e. The highest BCUT2D eigenvalue weighted by Gasteiger charge is 2.42. The van der Waals surface area contributed by atoms with Gasteiger partial charge in [0.25, 0.3) is 0 Å². The van der Waals surface area contributed by atoms with Gasteiger partial charge in [-0.3, -0.25) is 5.32 Å². The van der Waals surface area contributed by atoms with Gasteiger partial charge in [-0.15, -0.1) is 5.48 Å². The van der Waals surface area contributed by atoms with Gasteiger partial charge in [0.2, 0.25) is 0 Å². The second-order valence-electron chi connectivity index (χ2n) is 4.83. The molecule has 1 aromatic heterocycles. The number of hydroxylamine groups is 1. The number of benzene rings is 1. The monoisotopic (exact) mass is 340 g/mol. The zero-order valence-corrected chi connectivity index (χ0v) is 11.9. The number of para-hydroxylation sites is 1. The minimum atomic E-state index is -4.55. The van der Waals surface area contributed by atoms with Crippen LogP contribution in [-0.2, 0) is 11.0 Å². The molecule has 1 aliphatic heterocycles. The van der Waals surface area contributed by atoms with E-state index in [4.69, 9.17) is 4.74 Å². The summed E-state index contributed by atoms with van der Waals surface area (Å²) in [6.45, 7) is 0. The van der Waals surface area contributed by atoms with Gasteiger partial charge >= 0.3 is 12.3 Å². The van der Waals surface area contributed by atoms with E-state index in [1.165, 1.54) is 0 Å². The van der Waals surface area contributed by atoms with E-state index < -0.39 is 30.2 Å². The fourth-order valence-corrected chi connectivity index (χ4v) is 1.91. The molecule has 1 fully saturated rings. The number of aromatic nitrogens is 2. The quantitative estimate of drug-likeness (QED) is 0.381. The molecular formula is C14H11F3N4O3. The van der Waals surface area contributed by atoms with Gasteiger partial charge in [0, 0.05) is 0 Å². The van der Waals surface area contributed by atoms with E-state index in [1.54, 1.807) is 30.3 Å². The van der Waals surface area contributed by atoms with Gasteiger partial charge in [0.1, 0.15) is 23.9 Å². The molecule has 1 aliphatic rings. The molecule has 1 saturated heterocycles. The van der Waals surface area contributed by atoms with Crippen LogP contribution < -0.4 is 15.5 Å². The second kappa shape index (κ2) is 6.42. The number of halogens is 3. The van der Waals surface area contributed by atoms with Gasteiger partial charge in [-0.25, -0.2) is 14.8 Å². The van der Waals surface area contributed by atoms with Crippen LogP contribution in [0.4, 0.5) is 18.0 Å². The number of nitrogens with one attached hydrogen (secondary N) is 2. The third-order valence-electron chi connectivity index (χ3n) is 3.09. The molecule has 1 aromatic carbocycles. The predicted molar refractivity (Wildman–Crippen MR) is 73.4 cm³/mol. The second-order valence-corrected chi connectivity index (χ2v) is 4.83. The minimum Gasteiger partial charge on any atom is -0.394 e. The number of alkyl halides is 3. The van der Waals surface area contributed by atoms with E-state index in [1.807, 2.05) is 0 Å². The Labute approximate surface area is 133 Å². The van der Waals surface area contributed by atoms with Crippen LogP contribution in [0.25, 0.3) is 0 Å². The van der Waals surface area contributed by atoms with Crippen molar-refractivity contribution in [2.45, 2.75) is 18.4 Å². The Bertz CT molecular complexity index is 727. The van der Waals surface area contributed by atoms with Crippen LogP contribution in [0.5, 0.6) is 5.75 Å². The molecular weight excluding hydrogens is 329 g/mol. The third kappa shape index (κ3) is 3.97. The molecule has 3 rings (SSSR count). The number of hydrogen-bond acceptors (Lipinski definition) is 7. The zero-order chi connectivity index (χ0) is 17.2. The van der Waals surface area contributed by atoms with E-state index in [9.17, 15) is 18.0 Å². The summed E-state index contributed by atoms with van der Waals surface area (Å²) in [5.74, 6) is 0.301. The van der Waals surface area contributed by atoms with Crippen molar-refractivity contribution in [3.05, 3.63) is 54.1 Å². The molecule has 0 spiro atoms. The van der Waals surface area contributed by atoms with Gasteiger partial charge in [-0.2, -0.15) is 13.2 Å². The topological polar surface area (TPSA) is 95.3 Å². The molecule has 0 aliphatic carbocycles. The SMILES string of the molecule is O=C(ONC1NC1c1cc(C(F)(F)F)ncn1)Oc1ccccc1. The lowest BCUT2D eigenvalue weighted by Gasteiger charge is -2.06. The molecule has 7 nitrogen and oxygen atoms in total.